The summed E-state index contributed by atoms with van der Waals surface area (Å²) in [6.07, 6.45) is 3.93. The van der Waals surface area contributed by atoms with Crippen LogP contribution in [0.1, 0.15) is 46.4 Å². The summed E-state index contributed by atoms with van der Waals surface area (Å²) in [5.74, 6) is 0.161. The first-order valence-corrected chi connectivity index (χ1v) is 13.2. The zero-order valence-corrected chi connectivity index (χ0v) is 22.4. The second kappa shape index (κ2) is 12.4. The number of ether oxygens (including phenoxy) is 1. The number of hydrogen-bond donors (Lipinski definition) is 4. The summed E-state index contributed by atoms with van der Waals surface area (Å²) in [5.41, 5.74) is 9.65. The van der Waals surface area contributed by atoms with Crippen LogP contribution >= 0.6 is 0 Å². The minimum atomic E-state index is -0.405. The van der Waals surface area contributed by atoms with Crippen LogP contribution in [0.4, 0.5) is 16.0 Å². The maximum atomic E-state index is 13.3. The third-order valence-corrected chi connectivity index (χ3v) is 6.75. The van der Waals surface area contributed by atoms with Crippen molar-refractivity contribution in [2.75, 3.05) is 24.1 Å². The molecule has 1 amide bonds. The Hall–Kier alpha value is -5.08. The number of nitriles is 1. The highest BCUT2D eigenvalue weighted by Gasteiger charge is 2.20. The predicted molar refractivity (Wildman–Crippen MR) is 152 cm³/mol. The summed E-state index contributed by atoms with van der Waals surface area (Å²) in [5, 5.41) is 18.7. The van der Waals surface area contributed by atoms with E-state index < -0.39 is 5.91 Å². The smallest absolute Gasteiger partial charge is 0.258 e. The van der Waals surface area contributed by atoms with Crippen molar-refractivity contribution in [1.82, 2.24) is 25.6 Å². The molecule has 5 N–H and O–H groups in total. The molecule has 208 valence electrons. The summed E-state index contributed by atoms with van der Waals surface area (Å²) < 4.78 is 19.2. The first-order chi connectivity index (χ1) is 19.9. The van der Waals surface area contributed by atoms with E-state index >= 15 is 0 Å². The van der Waals surface area contributed by atoms with Crippen molar-refractivity contribution in [1.29, 1.82) is 5.26 Å². The van der Waals surface area contributed by atoms with Crippen LogP contribution in [0.2, 0.25) is 0 Å². The number of aromatic nitrogens is 3. The Morgan fingerprint density at radius 3 is 2.68 bits per heavy atom. The first-order valence-electron chi connectivity index (χ1n) is 13.2. The van der Waals surface area contributed by atoms with Crippen LogP contribution in [0.15, 0.2) is 67.0 Å². The van der Waals surface area contributed by atoms with Gasteiger partial charge in [0.15, 0.2) is 5.82 Å². The van der Waals surface area contributed by atoms with Crippen LogP contribution < -0.4 is 26.4 Å². The molecule has 0 saturated carbocycles. The number of nitrogen functional groups attached to an aromatic ring is 1. The van der Waals surface area contributed by atoms with Gasteiger partial charge in [-0.1, -0.05) is 36.4 Å². The molecule has 1 aliphatic heterocycles. The van der Waals surface area contributed by atoms with Crippen LogP contribution in [-0.4, -0.2) is 40.1 Å². The molecule has 0 bridgehead atoms. The van der Waals surface area contributed by atoms with Gasteiger partial charge >= 0.3 is 0 Å². The molecule has 41 heavy (non-hydrogen) atoms. The Kier molecular flexibility index (Phi) is 8.31. The van der Waals surface area contributed by atoms with Crippen LogP contribution in [0.5, 0.6) is 5.88 Å². The van der Waals surface area contributed by atoms with Crippen LogP contribution in [0.3, 0.4) is 0 Å². The number of nitrogens with zero attached hydrogens (tertiary/aromatic N) is 4. The van der Waals surface area contributed by atoms with Crippen LogP contribution in [-0.2, 0) is 6.54 Å². The average molecular weight is 553 g/mol. The molecule has 0 radical (unpaired) electrons. The maximum Gasteiger partial charge on any atom is 0.258 e. The van der Waals surface area contributed by atoms with E-state index in [-0.39, 0.29) is 34.9 Å². The molecule has 1 unspecified atom stereocenters. The van der Waals surface area contributed by atoms with Gasteiger partial charge < -0.3 is 26.4 Å². The second-order valence-electron chi connectivity index (χ2n) is 9.71. The van der Waals surface area contributed by atoms with Crippen molar-refractivity contribution in [2.24, 2.45) is 0 Å². The molecule has 2 aromatic carbocycles. The number of hydrogen-bond acceptors (Lipinski definition) is 9. The van der Waals surface area contributed by atoms with E-state index in [2.05, 4.69) is 30.9 Å². The molecule has 10 nitrogen and oxygen atoms in total. The van der Waals surface area contributed by atoms with Crippen molar-refractivity contribution in [3.8, 4) is 23.2 Å². The minimum absolute atomic E-state index is 0.0178. The fraction of sp³-hybridized carbons (Fsp3) is 0.233. The molecule has 11 heteroatoms. The fourth-order valence-electron chi connectivity index (χ4n) is 4.42. The molecule has 0 aliphatic carbocycles. The van der Waals surface area contributed by atoms with Crippen LogP contribution in [0.25, 0.3) is 11.3 Å². The van der Waals surface area contributed by atoms with Crippen LogP contribution in [0, 0.1) is 17.1 Å². The number of carbonyl (C=O) groups excluding carboxylic acids is 1. The zero-order chi connectivity index (χ0) is 28.8. The zero-order valence-electron chi connectivity index (χ0n) is 22.4. The summed E-state index contributed by atoms with van der Waals surface area (Å²) >= 11 is 0. The lowest BCUT2D eigenvalue weighted by Crippen LogP contribution is -2.28. The van der Waals surface area contributed by atoms with Gasteiger partial charge in [0.25, 0.3) is 11.8 Å². The minimum Gasteiger partial charge on any atom is -0.470 e. The quantitative estimate of drug-likeness (QED) is 0.242. The SMILES string of the molecule is CC(NC(=O)c1cc(C#N)cnc1NCc1ccc(-c2cnc(N)c(O[C@H]3CCNC3)n2)cc1)c1ccc(F)cc1. The van der Waals surface area contributed by atoms with Crippen molar-refractivity contribution < 1.29 is 13.9 Å². The third-order valence-electron chi connectivity index (χ3n) is 6.75. The Balaban J connectivity index is 1.27. The molecule has 2 atom stereocenters. The number of nitrogens with two attached hydrogens (primary N) is 1. The summed E-state index contributed by atoms with van der Waals surface area (Å²) in [7, 11) is 0. The Morgan fingerprint density at radius 2 is 1.98 bits per heavy atom. The largest absolute Gasteiger partial charge is 0.470 e. The molecular formula is C30H29FN8O2. The van der Waals surface area contributed by atoms with Gasteiger partial charge in [0.2, 0.25) is 0 Å². The average Bonchev–Trinajstić information content (AvgIpc) is 3.51. The van der Waals surface area contributed by atoms with Gasteiger partial charge in [0, 0.05) is 24.8 Å². The second-order valence-corrected chi connectivity index (χ2v) is 9.71. The van der Waals surface area contributed by atoms with E-state index in [1.165, 1.54) is 24.4 Å². The van der Waals surface area contributed by atoms with Gasteiger partial charge in [-0.05, 0) is 49.2 Å². The predicted octanol–water partition coefficient (Wildman–Crippen LogP) is 3.98. The van der Waals surface area contributed by atoms with E-state index in [4.69, 9.17) is 10.5 Å². The van der Waals surface area contributed by atoms with Gasteiger partial charge in [-0.3, -0.25) is 4.79 Å². The molecule has 5 rings (SSSR count). The highest BCUT2D eigenvalue weighted by atomic mass is 19.1. The monoisotopic (exact) mass is 552 g/mol. The number of halogens is 1. The number of amides is 1. The number of anilines is 2. The van der Waals surface area contributed by atoms with Crippen molar-refractivity contribution >= 4 is 17.5 Å². The lowest BCUT2D eigenvalue weighted by atomic mass is 10.1. The lowest BCUT2D eigenvalue weighted by Gasteiger charge is -2.17. The molecular weight excluding hydrogens is 523 g/mol. The van der Waals surface area contributed by atoms with E-state index in [0.717, 1.165) is 36.2 Å². The van der Waals surface area contributed by atoms with Crippen molar-refractivity contribution in [3.05, 3.63) is 95.1 Å². The molecule has 4 aromatic rings. The fourth-order valence-corrected chi connectivity index (χ4v) is 4.42. The molecule has 3 heterocycles. The first kappa shape index (κ1) is 27.5. The van der Waals surface area contributed by atoms with Gasteiger partial charge in [0.1, 0.15) is 23.8 Å². The van der Waals surface area contributed by atoms with Gasteiger partial charge in [0.05, 0.1) is 29.1 Å². The van der Waals surface area contributed by atoms with E-state index in [9.17, 15) is 14.4 Å². The summed E-state index contributed by atoms with van der Waals surface area (Å²) in [6.45, 7) is 3.82. The number of carbonyl (C=O) groups is 1. The van der Waals surface area contributed by atoms with Gasteiger partial charge in [-0.25, -0.2) is 19.3 Å². The van der Waals surface area contributed by atoms with Gasteiger partial charge in [-0.15, -0.1) is 0 Å². The highest BCUT2D eigenvalue weighted by Crippen LogP contribution is 2.25. The number of nitrogens with one attached hydrogen (secondary N) is 3. The van der Waals surface area contributed by atoms with Gasteiger partial charge in [-0.2, -0.15) is 5.26 Å². The summed E-state index contributed by atoms with van der Waals surface area (Å²) in [4.78, 5) is 26.3. The number of rotatable bonds is 9. The summed E-state index contributed by atoms with van der Waals surface area (Å²) in [6, 6.07) is 16.7. The Bertz CT molecular complexity index is 1570. The molecule has 1 aliphatic rings. The van der Waals surface area contributed by atoms with Crippen molar-refractivity contribution in [2.45, 2.75) is 32.0 Å². The maximum absolute atomic E-state index is 13.3. The number of pyridine rings is 1. The van der Waals surface area contributed by atoms with E-state index in [1.807, 2.05) is 30.3 Å². The van der Waals surface area contributed by atoms with Crippen molar-refractivity contribution in [3.63, 3.8) is 0 Å². The molecule has 0 spiro atoms. The van der Waals surface area contributed by atoms with E-state index in [0.29, 0.717) is 23.9 Å². The normalized spacial score (nSPS) is 15.1. The Labute approximate surface area is 236 Å². The topological polar surface area (TPSA) is 151 Å². The lowest BCUT2D eigenvalue weighted by molar-refractivity contribution is 0.0940. The number of benzene rings is 2. The Morgan fingerprint density at radius 1 is 1.20 bits per heavy atom. The van der Waals surface area contributed by atoms with E-state index in [1.54, 1.807) is 25.3 Å². The standard InChI is InChI=1S/C30H29FN8O2/c1-18(21-6-8-23(31)9-7-21)38-29(40)25-12-20(13-32)15-37-28(25)36-14-19-2-4-22(5-3-19)26-17-35-27(33)30(39-26)41-24-10-11-34-16-24/h2-9,12,15,17-18,24,34H,10-11,14,16H2,1H3,(H2,33,35)(H,36,37)(H,38,40)/t18?,24-/m0/s1. The highest BCUT2D eigenvalue weighted by molar-refractivity contribution is 5.99. The molecule has 1 fully saturated rings. The third kappa shape index (κ3) is 6.74. The molecule has 1 saturated heterocycles. The molecule has 2 aromatic heterocycles.